The number of aromatic nitrogens is 4. The molecule has 10 heteroatoms. The first kappa shape index (κ1) is 20.6. The van der Waals surface area contributed by atoms with Crippen LogP contribution in [0.25, 0.3) is 11.4 Å². The molecule has 1 aliphatic heterocycles. The van der Waals surface area contributed by atoms with Gasteiger partial charge in [-0.15, -0.1) is 0 Å². The topological polar surface area (TPSA) is 117 Å². The Morgan fingerprint density at radius 1 is 1.15 bits per heavy atom. The van der Waals surface area contributed by atoms with Gasteiger partial charge in [-0.3, -0.25) is 4.79 Å². The van der Waals surface area contributed by atoms with Crippen LogP contribution in [0.15, 0.2) is 59.4 Å². The summed E-state index contributed by atoms with van der Waals surface area (Å²) in [7, 11) is 0. The predicted octanol–water partition coefficient (Wildman–Crippen LogP) is 4.13. The molecule has 3 heterocycles. The van der Waals surface area contributed by atoms with Crippen molar-refractivity contribution >= 4 is 17.5 Å². The van der Waals surface area contributed by atoms with E-state index in [1.807, 2.05) is 0 Å². The number of imidazole rings is 1. The largest absolute Gasteiger partial charge is 0.347 e. The summed E-state index contributed by atoms with van der Waals surface area (Å²) in [5, 5.41) is 6.87. The molecule has 2 aromatic carbocycles. The summed E-state index contributed by atoms with van der Waals surface area (Å²) in [6.45, 7) is 1.75. The number of fused-ring (bicyclic) bond motifs is 1. The van der Waals surface area contributed by atoms with Crippen molar-refractivity contribution in [3.8, 4) is 11.4 Å². The van der Waals surface area contributed by atoms with E-state index in [9.17, 15) is 14.0 Å². The molecule has 0 unspecified atom stereocenters. The van der Waals surface area contributed by atoms with Crippen LogP contribution in [-0.2, 0) is 13.0 Å². The van der Waals surface area contributed by atoms with E-state index >= 15 is 0 Å². The lowest BCUT2D eigenvalue weighted by Crippen LogP contribution is -2.41. The first-order chi connectivity index (χ1) is 16.0. The van der Waals surface area contributed by atoms with Gasteiger partial charge in [-0.1, -0.05) is 5.16 Å². The summed E-state index contributed by atoms with van der Waals surface area (Å²) < 4.78 is 18.7. The highest BCUT2D eigenvalue weighted by atomic mass is 19.1. The number of hydrogen-bond acceptors (Lipinski definition) is 6. The van der Waals surface area contributed by atoms with E-state index < -0.39 is 6.04 Å². The SMILES string of the molecule is CC(=O)c1ccc(NC(=O)N2Cc3[nH]cnc3C[C@H]2c2nc(-c3ccc(F)cc3)no2)cc1. The number of ketones is 1. The zero-order chi connectivity index (χ0) is 22.9. The van der Waals surface area contributed by atoms with Crippen LogP contribution in [0.2, 0.25) is 0 Å². The van der Waals surface area contributed by atoms with Crippen LogP contribution in [0, 0.1) is 5.82 Å². The highest BCUT2D eigenvalue weighted by Gasteiger charge is 2.36. The molecule has 0 spiro atoms. The Labute approximate surface area is 187 Å². The second kappa shape index (κ2) is 8.30. The summed E-state index contributed by atoms with van der Waals surface area (Å²) in [6, 6.07) is 11.5. The normalized spacial score (nSPS) is 15.2. The van der Waals surface area contributed by atoms with E-state index in [1.165, 1.54) is 19.1 Å². The van der Waals surface area contributed by atoms with Gasteiger partial charge in [-0.2, -0.15) is 4.98 Å². The molecule has 166 valence electrons. The summed E-state index contributed by atoms with van der Waals surface area (Å²) in [6.07, 6.45) is 1.97. The number of benzene rings is 2. The molecule has 2 N–H and O–H groups in total. The molecule has 33 heavy (non-hydrogen) atoms. The third-order valence-corrected chi connectivity index (χ3v) is 5.53. The van der Waals surface area contributed by atoms with Crippen molar-refractivity contribution in [2.75, 3.05) is 5.32 Å². The number of hydrogen-bond donors (Lipinski definition) is 2. The average Bonchev–Trinajstić information content (AvgIpc) is 3.48. The van der Waals surface area contributed by atoms with Crippen molar-refractivity contribution < 1.29 is 18.5 Å². The van der Waals surface area contributed by atoms with Gasteiger partial charge in [0.15, 0.2) is 5.78 Å². The number of carbonyl (C=O) groups excluding carboxylic acids is 2. The average molecular weight is 446 g/mol. The number of nitrogens with one attached hydrogen (secondary N) is 2. The number of rotatable bonds is 4. The van der Waals surface area contributed by atoms with E-state index in [1.54, 1.807) is 47.6 Å². The number of aromatic amines is 1. The van der Waals surface area contributed by atoms with Crippen molar-refractivity contribution in [2.24, 2.45) is 0 Å². The molecule has 0 saturated heterocycles. The lowest BCUT2D eigenvalue weighted by Gasteiger charge is -2.32. The Bertz CT molecular complexity index is 1310. The molecule has 0 fully saturated rings. The van der Waals surface area contributed by atoms with Crippen molar-refractivity contribution in [3.63, 3.8) is 0 Å². The highest BCUT2D eigenvalue weighted by Crippen LogP contribution is 2.32. The minimum absolute atomic E-state index is 0.0518. The predicted molar refractivity (Wildman–Crippen MR) is 116 cm³/mol. The molecule has 1 aliphatic rings. The van der Waals surface area contributed by atoms with Crippen LogP contribution < -0.4 is 5.32 Å². The molecule has 0 aliphatic carbocycles. The van der Waals surface area contributed by atoms with Crippen LogP contribution in [0.1, 0.15) is 40.6 Å². The van der Waals surface area contributed by atoms with Crippen molar-refractivity contribution in [1.29, 1.82) is 0 Å². The number of H-pyrrole nitrogens is 1. The van der Waals surface area contributed by atoms with Crippen LogP contribution in [0.5, 0.6) is 0 Å². The first-order valence-corrected chi connectivity index (χ1v) is 10.3. The Kier molecular flexibility index (Phi) is 5.17. The van der Waals surface area contributed by atoms with Gasteiger partial charge < -0.3 is 19.7 Å². The summed E-state index contributed by atoms with van der Waals surface area (Å²) in [4.78, 5) is 38.1. The molecule has 0 bridgehead atoms. The van der Waals surface area contributed by atoms with Gasteiger partial charge in [0.05, 0.1) is 24.3 Å². The van der Waals surface area contributed by atoms with E-state index in [4.69, 9.17) is 4.52 Å². The lowest BCUT2D eigenvalue weighted by atomic mass is 10.0. The lowest BCUT2D eigenvalue weighted by molar-refractivity contribution is 0.101. The van der Waals surface area contributed by atoms with E-state index in [-0.39, 0.29) is 30.1 Å². The maximum Gasteiger partial charge on any atom is 0.322 e. The summed E-state index contributed by atoms with van der Waals surface area (Å²) in [5.74, 6) is 0.146. The number of nitrogens with zero attached hydrogens (tertiary/aromatic N) is 4. The Morgan fingerprint density at radius 2 is 1.91 bits per heavy atom. The van der Waals surface area contributed by atoms with Crippen LogP contribution in [0.3, 0.4) is 0 Å². The van der Waals surface area contributed by atoms with Gasteiger partial charge in [0, 0.05) is 23.2 Å². The smallest absolute Gasteiger partial charge is 0.322 e. The molecule has 1 atom stereocenters. The number of urea groups is 1. The van der Waals surface area contributed by atoms with E-state index in [2.05, 4.69) is 25.4 Å². The van der Waals surface area contributed by atoms with Gasteiger partial charge in [0.25, 0.3) is 0 Å². The minimum Gasteiger partial charge on any atom is -0.347 e. The molecule has 5 rings (SSSR count). The Balaban J connectivity index is 1.42. The molecular weight excluding hydrogens is 427 g/mol. The fraction of sp³-hybridized carbons (Fsp3) is 0.174. The fourth-order valence-corrected chi connectivity index (χ4v) is 3.74. The fourth-order valence-electron chi connectivity index (χ4n) is 3.74. The van der Waals surface area contributed by atoms with E-state index in [0.29, 0.717) is 29.1 Å². The van der Waals surface area contributed by atoms with Gasteiger partial charge in [0.1, 0.15) is 11.9 Å². The van der Waals surface area contributed by atoms with Gasteiger partial charge in [-0.25, -0.2) is 14.2 Å². The quantitative estimate of drug-likeness (QED) is 0.455. The number of anilines is 1. The third-order valence-electron chi connectivity index (χ3n) is 5.53. The highest BCUT2D eigenvalue weighted by molar-refractivity contribution is 5.95. The van der Waals surface area contributed by atoms with Crippen molar-refractivity contribution in [1.82, 2.24) is 25.0 Å². The van der Waals surface area contributed by atoms with Crippen LogP contribution >= 0.6 is 0 Å². The molecular formula is C23H19FN6O3. The molecule has 2 aromatic heterocycles. The minimum atomic E-state index is -0.543. The number of halogens is 1. The standard InChI is InChI=1S/C23H19FN6O3/c1-13(31)14-4-8-17(9-5-14)27-23(32)30-11-19-18(25-12-26-19)10-20(30)22-28-21(29-33-22)15-2-6-16(24)7-3-15/h2-9,12,20H,10-11H2,1H3,(H,25,26)(H,27,32)/t20-/m0/s1. The Hall–Kier alpha value is -4.34. The molecule has 0 radical (unpaired) electrons. The maximum atomic E-state index is 13.2. The summed E-state index contributed by atoms with van der Waals surface area (Å²) >= 11 is 0. The zero-order valence-corrected chi connectivity index (χ0v) is 17.6. The van der Waals surface area contributed by atoms with Crippen molar-refractivity contribution in [2.45, 2.75) is 25.9 Å². The molecule has 4 aromatic rings. The Morgan fingerprint density at radius 3 is 2.64 bits per heavy atom. The molecule has 0 saturated carbocycles. The van der Waals surface area contributed by atoms with Gasteiger partial charge in [0.2, 0.25) is 11.7 Å². The van der Waals surface area contributed by atoms with Crippen molar-refractivity contribution in [3.05, 3.63) is 83.5 Å². The number of amides is 2. The molecule has 2 amide bonds. The van der Waals surface area contributed by atoms with Gasteiger partial charge >= 0.3 is 6.03 Å². The van der Waals surface area contributed by atoms with Gasteiger partial charge in [-0.05, 0) is 55.5 Å². The monoisotopic (exact) mass is 446 g/mol. The van der Waals surface area contributed by atoms with Crippen LogP contribution in [0.4, 0.5) is 14.9 Å². The summed E-state index contributed by atoms with van der Waals surface area (Å²) in [5.41, 5.74) is 3.36. The van der Waals surface area contributed by atoms with E-state index in [0.717, 1.165) is 11.4 Å². The zero-order valence-electron chi connectivity index (χ0n) is 17.6. The number of Topliss-reactive ketones (excluding diaryl/α,β-unsaturated/α-hetero) is 1. The number of carbonyl (C=O) groups is 2. The third kappa shape index (κ3) is 4.10. The molecule has 9 nitrogen and oxygen atoms in total. The van der Waals surface area contributed by atoms with Crippen LogP contribution in [-0.4, -0.2) is 36.8 Å². The first-order valence-electron chi connectivity index (χ1n) is 10.3. The maximum absolute atomic E-state index is 13.2. The second-order valence-corrected chi connectivity index (χ2v) is 7.70. The second-order valence-electron chi connectivity index (χ2n) is 7.70.